The van der Waals surface area contributed by atoms with E-state index in [4.69, 9.17) is 16.3 Å². The number of carbonyl (C=O) groups excluding carboxylic acids is 1. The maximum atomic E-state index is 11.7. The van der Waals surface area contributed by atoms with Gasteiger partial charge in [0.1, 0.15) is 5.75 Å². The van der Waals surface area contributed by atoms with E-state index in [1.165, 1.54) is 0 Å². The van der Waals surface area contributed by atoms with Crippen molar-refractivity contribution in [1.29, 1.82) is 0 Å². The average molecular weight is 314 g/mol. The highest BCUT2D eigenvalue weighted by Gasteiger charge is 2.06. The number of carbonyl (C=O) groups is 1. The number of likely N-dealkylation sites (N-methyl/N-ethyl adjacent to an activating group) is 1. The van der Waals surface area contributed by atoms with Gasteiger partial charge in [-0.1, -0.05) is 18.5 Å². The van der Waals surface area contributed by atoms with Crippen molar-refractivity contribution in [2.24, 2.45) is 0 Å². The average Bonchev–Trinajstić information content (AvgIpc) is 2.46. The van der Waals surface area contributed by atoms with Gasteiger partial charge in [0.2, 0.25) is 5.91 Å². The third kappa shape index (κ3) is 6.69. The Balaban J connectivity index is 2.33. The van der Waals surface area contributed by atoms with Gasteiger partial charge in [-0.3, -0.25) is 4.79 Å². The fraction of sp³-hybridized carbons (Fsp3) is 0.533. The lowest BCUT2D eigenvalue weighted by Gasteiger charge is -2.14. The summed E-state index contributed by atoms with van der Waals surface area (Å²) in [5.74, 6) is 0.730. The van der Waals surface area contributed by atoms with Crippen molar-refractivity contribution in [2.75, 3.05) is 32.1 Å². The molecule has 1 rings (SSSR count). The molecule has 0 bridgehead atoms. The van der Waals surface area contributed by atoms with Crippen LogP contribution in [0.4, 0.5) is 5.69 Å². The zero-order valence-corrected chi connectivity index (χ0v) is 13.6. The van der Waals surface area contributed by atoms with Crippen molar-refractivity contribution < 1.29 is 9.53 Å². The molecule has 1 aromatic carbocycles. The van der Waals surface area contributed by atoms with Crippen molar-refractivity contribution in [3.8, 4) is 5.75 Å². The quantitative estimate of drug-likeness (QED) is 0.654. The van der Waals surface area contributed by atoms with Crippen molar-refractivity contribution >= 4 is 23.2 Å². The Morgan fingerprint density at radius 3 is 2.86 bits per heavy atom. The lowest BCUT2D eigenvalue weighted by atomic mass is 10.2. The molecule has 0 saturated heterocycles. The molecule has 1 amide bonds. The number of hydrogen-bond acceptors (Lipinski definition) is 4. The van der Waals surface area contributed by atoms with Crippen molar-refractivity contribution in [2.45, 2.75) is 26.3 Å². The maximum absolute atomic E-state index is 11.7. The summed E-state index contributed by atoms with van der Waals surface area (Å²) in [5, 5.41) is 9.93. The second kappa shape index (κ2) is 9.47. The Labute approximate surface area is 131 Å². The zero-order valence-electron chi connectivity index (χ0n) is 12.8. The van der Waals surface area contributed by atoms with Gasteiger partial charge in [0, 0.05) is 30.6 Å². The molecule has 0 aromatic heterocycles. The topological polar surface area (TPSA) is 62.4 Å². The molecule has 0 aliphatic rings. The summed E-state index contributed by atoms with van der Waals surface area (Å²) in [4.78, 5) is 11.7. The van der Waals surface area contributed by atoms with Crippen LogP contribution in [0.25, 0.3) is 0 Å². The number of halogens is 1. The molecular formula is C15H24ClN3O2. The first kappa shape index (κ1) is 17.6. The minimum atomic E-state index is 0.0215. The Kier molecular flexibility index (Phi) is 7.93. The smallest absolute Gasteiger partial charge is 0.221 e. The molecule has 6 heteroatoms. The Bertz CT molecular complexity index is 455. The number of amides is 1. The van der Waals surface area contributed by atoms with Crippen LogP contribution < -0.4 is 20.7 Å². The van der Waals surface area contributed by atoms with Crippen LogP contribution in [0, 0.1) is 0 Å². The van der Waals surface area contributed by atoms with E-state index in [-0.39, 0.29) is 11.9 Å². The molecule has 0 aliphatic carbocycles. The van der Waals surface area contributed by atoms with Gasteiger partial charge < -0.3 is 20.7 Å². The van der Waals surface area contributed by atoms with Crippen molar-refractivity contribution in [3.63, 3.8) is 0 Å². The molecule has 0 spiro atoms. The Morgan fingerprint density at radius 2 is 2.19 bits per heavy atom. The molecule has 0 aliphatic heterocycles. The normalized spacial score (nSPS) is 11.8. The summed E-state index contributed by atoms with van der Waals surface area (Å²) < 4.78 is 5.23. The highest BCUT2D eigenvalue weighted by atomic mass is 35.5. The number of benzene rings is 1. The van der Waals surface area contributed by atoms with Crippen LogP contribution in [0.3, 0.4) is 0 Å². The van der Waals surface area contributed by atoms with Crippen molar-refractivity contribution in [1.82, 2.24) is 10.6 Å². The highest BCUT2D eigenvalue weighted by molar-refractivity contribution is 6.30. The van der Waals surface area contributed by atoms with Crippen LogP contribution in [0.5, 0.6) is 5.75 Å². The van der Waals surface area contributed by atoms with E-state index in [9.17, 15) is 4.79 Å². The van der Waals surface area contributed by atoms with Gasteiger partial charge in [0.05, 0.1) is 12.8 Å². The summed E-state index contributed by atoms with van der Waals surface area (Å²) in [5.41, 5.74) is 0.791. The van der Waals surface area contributed by atoms with Crippen LogP contribution >= 0.6 is 11.6 Å². The fourth-order valence-electron chi connectivity index (χ4n) is 1.90. The molecule has 5 nitrogen and oxygen atoms in total. The van der Waals surface area contributed by atoms with E-state index in [1.807, 2.05) is 13.8 Å². The summed E-state index contributed by atoms with van der Waals surface area (Å²) in [6.07, 6.45) is 0.397. The van der Waals surface area contributed by atoms with Gasteiger partial charge in [-0.25, -0.2) is 0 Å². The van der Waals surface area contributed by atoms with Gasteiger partial charge in [-0.2, -0.15) is 0 Å². The van der Waals surface area contributed by atoms with E-state index < -0.39 is 0 Å². The van der Waals surface area contributed by atoms with Gasteiger partial charge >= 0.3 is 0 Å². The number of methoxy groups -OCH3 is 1. The number of hydrogen-bond donors (Lipinski definition) is 3. The zero-order chi connectivity index (χ0) is 15.7. The summed E-state index contributed by atoms with van der Waals surface area (Å²) >= 11 is 5.95. The molecule has 3 N–H and O–H groups in total. The van der Waals surface area contributed by atoms with Crippen molar-refractivity contribution in [3.05, 3.63) is 23.2 Å². The van der Waals surface area contributed by atoms with Gasteiger partial charge in [0.15, 0.2) is 0 Å². The molecule has 0 heterocycles. The lowest BCUT2D eigenvalue weighted by molar-refractivity contribution is -0.120. The predicted molar refractivity (Wildman–Crippen MR) is 87.3 cm³/mol. The molecular weight excluding hydrogens is 290 g/mol. The van der Waals surface area contributed by atoms with E-state index in [2.05, 4.69) is 16.0 Å². The first-order valence-corrected chi connectivity index (χ1v) is 7.52. The number of ether oxygens (including phenoxy) is 1. The molecule has 0 saturated carbocycles. The lowest BCUT2D eigenvalue weighted by Crippen LogP contribution is -2.39. The number of rotatable bonds is 9. The minimum absolute atomic E-state index is 0.0215. The molecule has 0 unspecified atom stereocenters. The maximum Gasteiger partial charge on any atom is 0.221 e. The van der Waals surface area contributed by atoms with E-state index >= 15 is 0 Å². The van der Waals surface area contributed by atoms with Crippen LogP contribution in [0.15, 0.2) is 18.2 Å². The standard InChI is InChI=1S/C15H24ClN3O2/c1-4-17-11(2)10-19-15(20)7-8-18-13-9-12(16)5-6-14(13)21-3/h5-6,9,11,17-18H,4,7-8,10H2,1-3H3,(H,19,20)/t11-/m1/s1. The summed E-state index contributed by atoms with van der Waals surface area (Å²) in [7, 11) is 1.60. The fourth-order valence-corrected chi connectivity index (χ4v) is 2.08. The van der Waals surface area contributed by atoms with Gasteiger partial charge in [0.25, 0.3) is 0 Å². The van der Waals surface area contributed by atoms with Gasteiger partial charge in [-0.15, -0.1) is 0 Å². The molecule has 0 radical (unpaired) electrons. The summed E-state index contributed by atoms with van der Waals surface area (Å²) in [6, 6.07) is 5.62. The molecule has 0 fully saturated rings. The second-order valence-electron chi connectivity index (χ2n) is 4.78. The Morgan fingerprint density at radius 1 is 1.43 bits per heavy atom. The second-order valence-corrected chi connectivity index (χ2v) is 5.22. The monoisotopic (exact) mass is 313 g/mol. The first-order chi connectivity index (χ1) is 10.1. The van der Waals surface area contributed by atoms with Crippen LogP contribution in [-0.4, -0.2) is 38.7 Å². The largest absolute Gasteiger partial charge is 0.495 e. The van der Waals surface area contributed by atoms with E-state index in [0.29, 0.717) is 30.3 Å². The molecule has 21 heavy (non-hydrogen) atoms. The first-order valence-electron chi connectivity index (χ1n) is 7.14. The molecule has 1 aromatic rings. The predicted octanol–water partition coefficient (Wildman–Crippen LogP) is 2.26. The number of nitrogens with one attached hydrogen (secondary N) is 3. The third-order valence-corrected chi connectivity index (χ3v) is 3.22. The van der Waals surface area contributed by atoms with E-state index in [0.717, 1.165) is 12.2 Å². The number of anilines is 1. The summed E-state index contributed by atoms with van der Waals surface area (Å²) in [6.45, 7) is 6.14. The van der Waals surface area contributed by atoms with Crippen LogP contribution in [0.2, 0.25) is 5.02 Å². The van der Waals surface area contributed by atoms with E-state index in [1.54, 1.807) is 25.3 Å². The van der Waals surface area contributed by atoms with Crippen LogP contribution in [0.1, 0.15) is 20.3 Å². The van der Waals surface area contributed by atoms with Gasteiger partial charge in [-0.05, 0) is 31.7 Å². The SMILES string of the molecule is CCN[C@H](C)CNC(=O)CCNc1cc(Cl)ccc1OC. The van der Waals surface area contributed by atoms with Crippen LogP contribution in [-0.2, 0) is 4.79 Å². The molecule has 1 atom stereocenters. The Hall–Kier alpha value is -1.46. The highest BCUT2D eigenvalue weighted by Crippen LogP contribution is 2.27. The third-order valence-electron chi connectivity index (χ3n) is 2.99. The molecule has 118 valence electrons. The minimum Gasteiger partial charge on any atom is -0.495 e.